The summed E-state index contributed by atoms with van der Waals surface area (Å²) in [5, 5.41) is 3.37. The van der Waals surface area contributed by atoms with Gasteiger partial charge in [-0.3, -0.25) is 4.79 Å². The van der Waals surface area contributed by atoms with Crippen molar-refractivity contribution in [3.05, 3.63) is 29.3 Å². The number of carbonyl (C=O) groups is 1. The molecule has 1 unspecified atom stereocenters. The van der Waals surface area contributed by atoms with Crippen LogP contribution in [0.1, 0.15) is 13.3 Å². The third-order valence-electron chi connectivity index (χ3n) is 2.63. The van der Waals surface area contributed by atoms with Crippen molar-refractivity contribution in [3.8, 4) is 5.75 Å². The van der Waals surface area contributed by atoms with Gasteiger partial charge in [-0.15, -0.1) is 0 Å². The van der Waals surface area contributed by atoms with Gasteiger partial charge in [-0.2, -0.15) is 0 Å². The third-order valence-corrected chi connectivity index (χ3v) is 2.94. The van der Waals surface area contributed by atoms with Crippen molar-refractivity contribution in [1.29, 1.82) is 0 Å². The van der Waals surface area contributed by atoms with E-state index in [1.54, 1.807) is 12.1 Å². The van der Waals surface area contributed by atoms with Crippen LogP contribution in [0.4, 0.5) is 0 Å². The van der Waals surface area contributed by atoms with E-state index in [2.05, 4.69) is 5.32 Å². The van der Waals surface area contributed by atoms with Crippen LogP contribution >= 0.6 is 11.6 Å². The predicted octanol–water partition coefficient (Wildman–Crippen LogP) is 2.18. The Morgan fingerprint density at radius 1 is 1.42 bits per heavy atom. The lowest BCUT2D eigenvalue weighted by molar-refractivity contribution is -0.128. The van der Waals surface area contributed by atoms with Gasteiger partial charge < -0.3 is 15.0 Å². The first-order valence-electron chi connectivity index (χ1n) is 6.38. The number of hydrogen-bond donors (Lipinski definition) is 1. The molecule has 0 bridgehead atoms. The molecule has 0 aliphatic heterocycles. The quantitative estimate of drug-likeness (QED) is 0.834. The molecule has 1 atom stereocenters. The Balaban J connectivity index is 2.53. The minimum absolute atomic E-state index is 0.107. The van der Waals surface area contributed by atoms with Crippen LogP contribution in [0.5, 0.6) is 5.75 Å². The van der Waals surface area contributed by atoms with E-state index in [0.29, 0.717) is 23.7 Å². The number of nitrogens with zero attached hydrogens (tertiary/aromatic N) is 1. The summed E-state index contributed by atoms with van der Waals surface area (Å²) in [4.78, 5) is 14.0. The normalized spacial score (nSPS) is 12.3. The lowest BCUT2D eigenvalue weighted by Crippen LogP contribution is -2.40. The molecule has 0 radical (unpaired) electrons. The first-order valence-corrected chi connectivity index (χ1v) is 6.76. The van der Waals surface area contributed by atoms with Crippen LogP contribution in [0.25, 0.3) is 0 Å². The largest absolute Gasteiger partial charge is 0.479 e. The van der Waals surface area contributed by atoms with Crippen LogP contribution in [0.15, 0.2) is 24.3 Å². The zero-order valence-electron chi connectivity index (χ0n) is 11.6. The number of benzene rings is 1. The van der Waals surface area contributed by atoms with Gasteiger partial charge in [-0.1, -0.05) is 30.7 Å². The molecule has 0 aliphatic carbocycles. The SMILES string of the molecule is CCC(Oc1ccccc1Cl)C(=O)NCCN(C)C. The van der Waals surface area contributed by atoms with E-state index >= 15 is 0 Å². The van der Waals surface area contributed by atoms with Crippen molar-refractivity contribution < 1.29 is 9.53 Å². The molecule has 0 aromatic heterocycles. The Labute approximate surface area is 119 Å². The summed E-state index contributed by atoms with van der Waals surface area (Å²) in [7, 11) is 3.92. The number of hydrogen-bond acceptors (Lipinski definition) is 3. The summed E-state index contributed by atoms with van der Waals surface area (Å²) in [6.07, 6.45) is 0.0843. The minimum atomic E-state index is -0.512. The fourth-order valence-electron chi connectivity index (χ4n) is 1.53. The number of rotatable bonds is 7. The maximum absolute atomic E-state index is 12.0. The number of carbonyl (C=O) groups excluding carboxylic acids is 1. The standard InChI is InChI=1S/C14H21ClN2O2/c1-4-12(14(18)16-9-10-17(2)3)19-13-8-6-5-7-11(13)15/h5-8,12H,4,9-10H2,1-3H3,(H,16,18). The summed E-state index contributed by atoms with van der Waals surface area (Å²) in [5.74, 6) is 0.433. The highest BCUT2D eigenvalue weighted by atomic mass is 35.5. The fourth-order valence-corrected chi connectivity index (χ4v) is 1.71. The molecule has 0 spiro atoms. The van der Waals surface area contributed by atoms with Crippen LogP contribution in [0, 0.1) is 0 Å². The lowest BCUT2D eigenvalue weighted by Gasteiger charge is -2.18. The van der Waals surface area contributed by atoms with E-state index in [0.717, 1.165) is 6.54 Å². The van der Waals surface area contributed by atoms with Gasteiger partial charge in [0.2, 0.25) is 0 Å². The van der Waals surface area contributed by atoms with E-state index in [-0.39, 0.29) is 5.91 Å². The van der Waals surface area contributed by atoms with Gasteiger partial charge in [0.1, 0.15) is 5.75 Å². The highest BCUT2D eigenvalue weighted by Crippen LogP contribution is 2.24. The van der Waals surface area contributed by atoms with Crippen molar-refractivity contribution in [2.24, 2.45) is 0 Å². The highest BCUT2D eigenvalue weighted by molar-refractivity contribution is 6.32. The van der Waals surface area contributed by atoms with Gasteiger partial charge in [-0.05, 0) is 32.6 Å². The smallest absolute Gasteiger partial charge is 0.261 e. The molecule has 4 nitrogen and oxygen atoms in total. The Kier molecular flexibility index (Phi) is 6.67. The number of ether oxygens (including phenoxy) is 1. The number of para-hydroxylation sites is 1. The van der Waals surface area contributed by atoms with Crippen LogP contribution in [0.3, 0.4) is 0 Å². The van der Waals surface area contributed by atoms with Crippen molar-refractivity contribution in [2.75, 3.05) is 27.2 Å². The van der Waals surface area contributed by atoms with Gasteiger partial charge in [-0.25, -0.2) is 0 Å². The summed E-state index contributed by atoms with van der Waals surface area (Å²) >= 11 is 6.01. The zero-order valence-corrected chi connectivity index (χ0v) is 12.4. The third kappa shape index (κ3) is 5.49. The van der Waals surface area contributed by atoms with E-state index in [1.165, 1.54) is 0 Å². The lowest BCUT2D eigenvalue weighted by atomic mass is 10.2. The number of halogens is 1. The van der Waals surface area contributed by atoms with Crippen molar-refractivity contribution in [3.63, 3.8) is 0 Å². The zero-order chi connectivity index (χ0) is 14.3. The Hall–Kier alpha value is -1.26. The molecule has 19 heavy (non-hydrogen) atoms. The van der Waals surface area contributed by atoms with E-state index in [1.807, 2.05) is 38.1 Å². The Morgan fingerprint density at radius 3 is 2.68 bits per heavy atom. The Bertz CT molecular complexity index is 410. The molecular weight excluding hydrogens is 264 g/mol. The predicted molar refractivity (Wildman–Crippen MR) is 77.7 cm³/mol. The molecule has 1 aromatic carbocycles. The number of amides is 1. The van der Waals surface area contributed by atoms with Gasteiger partial charge in [0, 0.05) is 13.1 Å². The van der Waals surface area contributed by atoms with Gasteiger partial charge in [0.25, 0.3) is 5.91 Å². The summed E-state index contributed by atoms with van der Waals surface area (Å²) in [6.45, 7) is 3.31. The fraction of sp³-hybridized carbons (Fsp3) is 0.500. The molecule has 0 saturated carbocycles. The molecular formula is C14H21ClN2O2. The molecule has 0 saturated heterocycles. The second kappa shape index (κ2) is 8.02. The van der Waals surface area contributed by atoms with E-state index < -0.39 is 6.10 Å². The van der Waals surface area contributed by atoms with Crippen molar-refractivity contribution in [2.45, 2.75) is 19.4 Å². The summed E-state index contributed by atoms with van der Waals surface area (Å²) in [5.41, 5.74) is 0. The molecule has 0 heterocycles. The first-order chi connectivity index (χ1) is 9.04. The molecule has 1 aromatic rings. The number of likely N-dealkylation sites (N-methyl/N-ethyl adjacent to an activating group) is 1. The molecule has 1 rings (SSSR count). The molecule has 1 N–H and O–H groups in total. The van der Waals surface area contributed by atoms with Gasteiger partial charge >= 0.3 is 0 Å². The topological polar surface area (TPSA) is 41.6 Å². The van der Waals surface area contributed by atoms with Crippen molar-refractivity contribution >= 4 is 17.5 Å². The average molecular weight is 285 g/mol. The maximum Gasteiger partial charge on any atom is 0.261 e. The molecule has 0 aliphatic rings. The first kappa shape index (κ1) is 15.8. The molecule has 1 amide bonds. The second-order valence-electron chi connectivity index (χ2n) is 4.54. The molecule has 106 valence electrons. The van der Waals surface area contributed by atoms with E-state index in [4.69, 9.17) is 16.3 Å². The maximum atomic E-state index is 12.0. The van der Waals surface area contributed by atoms with Crippen molar-refractivity contribution in [1.82, 2.24) is 10.2 Å². The van der Waals surface area contributed by atoms with Crippen LogP contribution in [-0.2, 0) is 4.79 Å². The van der Waals surface area contributed by atoms with Gasteiger partial charge in [0.05, 0.1) is 5.02 Å². The van der Waals surface area contributed by atoms with Crippen LogP contribution < -0.4 is 10.1 Å². The van der Waals surface area contributed by atoms with Crippen LogP contribution in [0.2, 0.25) is 5.02 Å². The number of nitrogens with one attached hydrogen (secondary N) is 1. The van der Waals surface area contributed by atoms with Crippen LogP contribution in [-0.4, -0.2) is 44.1 Å². The second-order valence-corrected chi connectivity index (χ2v) is 4.95. The highest BCUT2D eigenvalue weighted by Gasteiger charge is 2.18. The van der Waals surface area contributed by atoms with Gasteiger partial charge in [0.15, 0.2) is 6.10 Å². The average Bonchev–Trinajstić information content (AvgIpc) is 2.37. The summed E-state index contributed by atoms with van der Waals surface area (Å²) in [6, 6.07) is 7.16. The van der Waals surface area contributed by atoms with E-state index in [9.17, 15) is 4.79 Å². The molecule has 0 fully saturated rings. The Morgan fingerprint density at radius 2 is 2.11 bits per heavy atom. The molecule has 5 heteroatoms. The monoisotopic (exact) mass is 284 g/mol. The minimum Gasteiger partial charge on any atom is -0.479 e. The summed E-state index contributed by atoms with van der Waals surface area (Å²) < 4.78 is 5.66.